The Morgan fingerprint density at radius 3 is 2.94 bits per heavy atom. The van der Waals surface area contributed by atoms with Crippen molar-refractivity contribution >= 4 is 61.6 Å². The van der Waals surface area contributed by atoms with Gasteiger partial charge < -0.3 is 5.32 Å². The first-order valence-corrected chi connectivity index (χ1v) is 6.59. The minimum atomic E-state index is 0.676. The summed E-state index contributed by atoms with van der Waals surface area (Å²) in [6.07, 6.45) is 3.25. The fraction of sp³-hybridized carbons (Fsp3) is 0. The minimum Gasteiger partial charge on any atom is -0.338 e. The topological polar surface area (TPSA) is 37.8 Å². The molecule has 6 heteroatoms. The van der Waals surface area contributed by atoms with E-state index in [0.717, 1.165) is 19.5 Å². The van der Waals surface area contributed by atoms with E-state index < -0.39 is 0 Å². The van der Waals surface area contributed by atoms with Gasteiger partial charge in [-0.15, -0.1) is 0 Å². The molecule has 0 aliphatic carbocycles. The first-order valence-electron chi connectivity index (χ1n) is 4.34. The average Bonchev–Trinajstić information content (AvgIpc) is 2.27. The largest absolute Gasteiger partial charge is 0.338 e. The molecular formula is C10H6BrClIN3. The van der Waals surface area contributed by atoms with Gasteiger partial charge in [0.05, 0.1) is 9.26 Å². The molecule has 3 nitrogen and oxygen atoms in total. The highest BCUT2D eigenvalue weighted by molar-refractivity contribution is 14.1. The Balaban J connectivity index is 2.34. The van der Waals surface area contributed by atoms with Crippen LogP contribution in [-0.2, 0) is 0 Å². The van der Waals surface area contributed by atoms with Crippen LogP contribution in [-0.4, -0.2) is 9.97 Å². The Labute approximate surface area is 120 Å². The Kier molecular flexibility index (Phi) is 3.99. The second kappa shape index (κ2) is 5.29. The van der Waals surface area contributed by atoms with Crippen LogP contribution in [0, 0.1) is 3.57 Å². The lowest BCUT2D eigenvalue weighted by molar-refractivity contribution is 1.15. The lowest BCUT2D eigenvalue weighted by atomic mass is 10.3. The van der Waals surface area contributed by atoms with Crippen molar-refractivity contribution in [1.82, 2.24) is 9.97 Å². The number of hydrogen-bond acceptors (Lipinski definition) is 3. The molecule has 0 fully saturated rings. The first kappa shape index (κ1) is 12.1. The number of rotatable bonds is 2. The summed E-state index contributed by atoms with van der Waals surface area (Å²) in [6, 6.07) is 5.55. The van der Waals surface area contributed by atoms with Crippen LogP contribution < -0.4 is 5.32 Å². The predicted octanol–water partition coefficient (Wildman–Crippen LogP) is 4.24. The smallest absolute Gasteiger partial charge is 0.147 e. The van der Waals surface area contributed by atoms with Gasteiger partial charge in [0.2, 0.25) is 0 Å². The van der Waals surface area contributed by atoms with E-state index >= 15 is 0 Å². The van der Waals surface area contributed by atoms with E-state index in [1.165, 1.54) is 6.33 Å². The van der Waals surface area contributed by atoms with Crippen molar-refractivity contribution in [3.8, 4) is 0 Å². The molecule has 0 bridgehead atoms. The van der Waals surface area contributed by atoms with Gasteiger partial charge in [-0.2, -0.15) is 0 Å². The summed E-state index contributed by atoms with van der Waals surface area (Å²) in [6.45, 7) is 0. The lowest BCUT2D eigenvalue weighted by Crippen LogP contribution is -1.97. The van der Waals surface area contributed by atoms with Gasteiger partial charge in [-0.1, -0.05) is 11.6 Å². The number of benzene rings is 1. The predicted molar refractivity (Wildman–Crippen MR) is 77.2 cm³/mol. The fourth-order valence-corrected chi connectivity index (χ4v) is 2.08. The summed E-state index contributed by atoms with van der Waals surface area (Å²) in [5.74, 6) is 0.763. The summed E-state index contributed by atoms with van der Waals surface area (Å²) in [4.78, 5) is 8.08. The van der Waals surface area contributed by atoms with Gasteiger partial charge in [0, 0.05) is 15.7 Å². The van der Waals surface area contributed by atoms with Gasteiger partial charge in [-0.25, -0.2) is 9.97 Å². The van der Waals surface area contributed by atoms with E-state index in [2.05, 4.69) is 53.8 Å². The maximum atomic E-state index is 5.93. The molecule has 0 unspecified atom stereocenters. The van der Waals surface area contributed by atoms with E-state index in [4.69, 9.17) is 11.6 Å². The standard InChI is InChI=1S/C10H6BrClIN3/c11-7-2-1-6(12)3-9(7)16-10-8(13)4-14-5-15-10/h1-5H,(H,14,15,16). The zero-order valence-electron chi connectivity index (χ0n) is 7.92. The minimum absolute atomic E-state index is 0.676. The molecule has 0 aliphatic rings. The molecule has 1 aromatic heterocycles. The van der Waals surface area contributed by atoms with Crippen LogP contribution in [0.1, 0.15) is 0 Å². The van der Waals surface area contributed by atoms with Crippen LogP contribution in [0.2, 0.25) is 5.02 Å². The van der Waals surface area contributed by atoms with Crippen molar-refractivity contribution in [2.75, 3.05) is 5.32 Å². The molecule has 0 saturated carbocycles. The Bertz CT molecular complexity index is 521. The molecule has 0 atom stereocenters. The van der Waals surface area contributed by atoms with Crippen LogP contribution in [0.15, 0.2) is 35.2 Å². The highest BCUT2D eigenvalue weighted by Crippen LogP contribution is 2.29. The average molecular weight is 410 g/mol. The summed E-state index contributed by atoms with van der Waals surface area (Å²) >= 11 is 11.5. The van der Waals surface area contributed by atoms with Gasteiger partial charge in [-0.3, -0.25) is 0 Å². The van der Waals surface area contributed by atoms with Crippen molar-refractivity contribution in [3.05, 3.63) is 43.8 Å². The van der Waals surface area contributed by atoms with E-state index in [-0.39, 0.29) is 0 Å². The zero-order chi connectivity index (χ0) is 11.5. The van der Waals surface area contributed by atoms with Gasteiger partial charge in [0.25, 0.3) is 0 Å². The van der Waals surface area contributed by atoms with Crippen molar-refractivity contribution in [1.29, 1.82) is 0 Å². The third-order valence-electron chi connectivity index (χ3n) is 1.85. The van der Waals surface area contributed by atoms with Crippen LogP contribution >= 0.6 is 50.1 Å². The number of nitrogens with zero attached hydrogens (tertiary/aromatic N) is 2. The quantitative estimate of drug-likeness (QED) is 0.753. The molecule has 0 amide bonds. The Hall–Kier alpha value is -0.400. The van der Waals surface area contributed by atoms with Gasteiger partial charge in [0.15, 0.2) is 0 Å². The Morgan fingerprint density at radius 2 is 2.19 bits per heavy atom. The van der Waals surface area contributed by atoms with Crippen molar-refractivity contribution in [2.24, 2.45) is 0 Å². The molecule has 82 valence electrons. The third kappa shape index (κ3) is 2.83. The molecule has 0 aliphatic heterocycles. The number of anilines is 2. The number of aromatic nitrogens is 2. The molecule has 2 aromatic rings. The molecule has 1 heterocycles. The fourth-order valence-electron chi connectivity index (χ4n) is 1.13. The molecule has 1 aromatic carbocycles. The molecule has 0 saturated heterocycles. The molecule has 2 rings (SSSR count). The highest BCUT2D eigenvalue weighted by atomic mass is 127. The zero-order valence-corrected chi connectivity index (χ0v) is 12.4. The van der Waals surface area contributed by atoms with E-state index in [0.29, 0.717) is 5.02 Å². The van der Waals surface area contributed by atoms with Crippen LogP contribution in [0.4, 0.5) is 11.5 Å². The monoisotopic (exact) mass is 409 g/mol. The molecule has 1 N–H and O–H groups in total. The number of nitrogens with one attached hydrogen (secondary N) is 1. The summed E-state index contributed by atoms with van der Waals surface area (Å²) in [5, 5.41) is 3.87. The molecule has 0 spiro atoms. The van der Waals surface area contributed by atoms with Gasteiger partial charge in [0.1, 0.15) is 12.1 Å². The third-order valence-corrected chi connectivity index (χ3v) is 3.57. The number of hydrogen-bond donors (Lipinski definition) is 1. The SMILES string of the molecule is Clc1ccc(Br)c(Nc2ncncc2I)c1. The van der Waals surface area contributed by atoms with E-state index in [9.17, 15) is 0 Å². The molecular weight excluding hydrogens is 404 g/mol. The second-order valence-electron chi connectivity index (χ2n) is 2.97. The molecule has 0 radical (unpaired) electrons. The van der Waals surface area contributed by atoms with Crippen LogP contribution in [0.25, 0.3) is 0 Å². The van der Waals surface area contributed by atoms with Crippen molar-refractivity contribution in [2.45, 2.75) is 0 Å². The summed E-state index contributed by atoms with van der Waals surface area (Å²) in [5.41, 5.74) is 0.879. The summed E-state index contributed by atoms with van der Waals surface area (Å²) in [7, 11) is 0. The van der Waals surface area contributed by atoms with Gasteiger partial charge in [-0.05, 0) is 56.7 Å². The van der Waals surface area contributed by atoms with E-state index in [1.54, 1.807) is 6.20 Å². The highest BCUT2D eigenvalue weighted by Gasteiger charge is 2.05. The second-order valence-corrected chi connectivity index (χ2v) is 5.42. The van der Waals surface area contributed by atoms with Crippen molar-refractivity contribution < 1.29 is 0 Å². The van der Waals surface area contributed by atoms with Crippen molar-refractivity contribution in [3.63, 3.8) is 0 Å². The first-order chi connectivity index (χ1) is 7.66. The normalized spacial score (nSPS) is 10.2. The summed E-state index contributed by atoms with van der Waals surface area (Å²) < 4.78 is 1.89. The number of halogens is 3. The molecule has 16 heavy (non-hydrogen) atoms. The van der Waals surface area contributed by atoms with Crippen LogP contribution in [0.3, 0.4) is 0 Å². The maximum Gasteiger partial charge on any atom is 0.147 e. The maximum absolute atomic E-state index is 5.93. The van der Waals surface area contributed by atoms with E-state index in [1.807, 2.05) is 18.2 Å². The van der Waals surface area contributed by atoms with Crippen LogP contribution in [0.5, 0.6) is 0 Å². The lowest BCUT2D eigenvalue weighted by Gasteiger charge is -2.09. The van der Waals surface area contributed by atoms with Gasteiger partial charge >= 0.3 is 0 Å². The Morgan fingerprint density at radius 1 is 1.38 bits per heavy atom.